The zero-order chi connectivity index (χ0) is 15.1. The molecule has 0 aliphatic heterocycles. The number of anilines is 2. The molecular weight excluding hydrogens is 334 g/mol. The quantitative estimate of drug-likeness (QED) is 0.622. The molecule has 0 saturated heterocycles. The largest absolute Gasteiger partial charge is 0.381 e. The van der Waals surface area contributed by atoms with Crippen LogP contribution >= 0.6 is 24.8 Å². The highest BCUT2D eigenvalue weighted by atomic mass is 35.5. The zero-order valence-electron chi connectivity index (χ0n) is 12.3. The molecule has 9 heteroatoms. The average Bonchev–Trinajstić information content (AvgIpc) is 2.38. The van der Waals surface area contributed by atoms with Crippen LogP contribution in [-0.4, -0.2) is 30.9 Å². The van der Waals surface area contributed by atoms with Crippen molar-refractivity contribution < 1.29 is 14.0 Å². The number of amides is 2. The van der Waals surface area contributed by atoms with Crippen molar-refractivity contribution in [2.45, 2.75) is 19.9 Å². The van der Waals surface area contributed by atoms with Gasteiger partial charge in [-0.15, -0.1) is 24.8 Å². The molecule has 0 spiro atoms. The smallest absolute Gasteiger partial charge is 0.243 e. The third-order valence-corrected chi connectivity index (χ3v) is 2.33. The summed E-state index contributed by atoms with van der Waals surface area (Å²) in [6.45, 7) is 3.44. The van der Waals surface area contributed by atoms with Crippen molar-refractivity contribution in [3.8, 4) is 0 Å². The molecule has 0 heterocycles. The summed E-state index contributed by atoms with van der Waals surface area (Å²) in [4.78, 5) is 22.6. The van der Waals surface area contributed by atoms with Crippen LogP contribution in [0.5, 0.6) is 0 Å². The van der Waals surface area contributed by atoms with Gasteiger partial charge >= 0.3 is 0 Å². The Labute approximate surface area is 141 Å². The second kappa shape index (κ2) is 11.1. The molecule has 126 valence electrons. The van der Waals surface area contributed by atoms with E-state index in [1.165, 1.54) is 18.2 Å². The number of nitrogens with two attached hydrogens (primary N) is 1. The molecule has 0 radical (unpaired) electrons. The van der Waals surface area contributed by atoms with Crippen LogP contribution in [0.3, 0.4) is 0 Å². The minimum Gasteiger partial charge on any atom is -0.381 e. The van der Waals surface area contributed by atoms with Gasteiger partial charge in [0.05, 0.1) is 24.5 Å². The first-order valence-electron chi connectivity index (χ1n) is 6.25. The molecule has 1 aromatic rings. The van der Waals surface area contributed by atoms with E-state index in [0.717, 1.165) is 0 Å². The number of carbonyl (C=O) groups is 2. The van der Waals surface area contributed by atoms with Crippen LogP contribution in [-0.2, 0) is 9.59 Å². The van der Waals surface area contributed by atoms with Crippen LogP contribution in [0.15, 0.2) is 18.2 Å². The van der Waals surface area contributed by atoms with Crippen LogP contribution < -0.4 is 21.7 Å². The molecule has 0 aliphatic rings. The first-order valence-corrected chi connectivity index (χ1v) is 6.25. The number of hydrogen-bond acceptors (Lipinski definition) is 4. The summed E-state index contributed by atoms with van der Waals surface area (Å²) in [5.74, 6) is -1.23. The van der Waals surface area contributed by atoms with E-state index < -0.39 is 17.6 Å². The SMILES string of the molecule is CC(C)Nc1cc(F)ccc1NC(=O)CNC(=O)CN.Cl.Cl. The maximum Gasteiger partial charge on any atom is 0.243 e. The highest BCUT2D eigenvalue weighted by Gasteiger charge is 2.09. The van der Waals surface area contributed by atoms with Crippen molar-refractivity contribution in [3.05, 3.63) is 24.0 Å². The molecule has 0 unspecified atom stereocenters. The Morgan fingerprint density at radius 3 is 2.36 bits per heavy atom. The Kier molecular flexibility index (Phi) is 11.4. The number of carbonyl (C=O) groups excluding carboxylic acids is 2. The number of halogens is 3. The van der Waals surface area contributed by atoms with Crippen molar-refractivity contribution in [3.63, 3.8) is 0 Å². The lowest BCUT2D eigenvalue weighted by molar-refractivity contribution is -0.123. The van der Waals surface area contributed by atoms with Gasteiger partial charge in [-0.2, -0.15) is 0 Å². The topological polar surface area (TPSA) is 96.2 Å². The zero-order valence-corrected chi connectivity index (χ0v) is 13.9. The van der Waals surface area contributed by atoms with E-state index in [2.05, 4.69) is 16.0 Å². The van der Waals surface area contributed by atoms with Crippen LogP contribution in [0.25, 0.3) is 0 Å². The van der Waals surface area contributed by atoms with Crippen molar-refractivity contribution in [2.75, 3.05) is 23.7 Å². The van der Waals surface area contributed by atoms with Gasteiger partial charge in [-0.3, -0.25) is 9.59 Å². The predicted octanol–water partition coefficient (Wildman–Crippen LogP) is 1.50. The van der Waals surface area contributed by atoms with Gasteiger partial charge in [0, 0.05) is 6.04 Å². The molecule has 2 amide bonds. The lowest BCUT2D eigenvalue weighted by atomic mass is 10.2. The molecule has 5 N–H and O–H groups in total. The minimum atomic E-state index is -0.417. The van der Waals surface area contributed by atoms with Gasteiger partial charge in [0.15, 0.2) is 0 Å². The first kappa shape index (κ1) is 22.7. The third-order valence-electron chi connectivity index (χ3n) is 2.33. The molecule has 0 saturated carbocycles. The van der Waals surface area contributed by atoms with Crippen LogP contribution in [0.2, 0.25) is 0 Å². The van der Waals surface area contributed by atoms with E-state index in [4.69, 9.17) is 5.73 Å². The molecule has 0 bridgehead atoms. The summed E-state index contributed by atoms with van der Waals surface area (Å²) < 4.78 is 13.2. The van der Waals surface area contributed by atoms with Crippen molar-refractivity contribution in [1.82, 2.24) is 5.32 Å². The fourth-order valence-electron chi connectivity index (χ4n) is 1.50. The molecule has 0 aliphatic carbocycles. The molecule has 1 rings (SSSR count). The average molecular weight is 355 g/mol. The van der Waals surface area contributed by atoms with Gasteiger partial charge in [-0.25, -0.2) is 4.39 Å². The minimum absolute atomic E-state index is 0. The maximum atomic E-state index is 13.2. The molecule has 6 nitrogen and oxygen atoms in total. The maximum absolute atomic E-state index is 13.2. The summed E-state index contributed by atoms with van der Waals surface area (Å²) >= 11 is 0. The summed E-state index contributed by atoms with van der Waals surface area (Å²) in [5.41, 5.74) is 6.05. The fraction of sp³-hybridized carbons (Fsp3) is 0.385. The molecule has 1 aromatic carbocycles. The number of rotatable bonds is 6. The number of nitrogens with one attached hydrogen (secondary N) is 3. The third kappa shape index (κ3) is 8.02. The van der Waals surface area contributed by atoms with Crippen LogP contribution in [0.4, 0.5) is 15.8 Å². The van der Waals surface area contributed by atoms with Gasteiger partial charge in [-0.1, -0.05) is 0 Å². The van der Waals surface area contributed by atoms with E-state index in [-0.39, 0.29) is 43.9 Å². The Bertz CT molecular complexity index is 501. The lowest BCUT2D eigenvalue weighted by Gasteiger charge is -2.15. The molecule has 0 fully saturated rings. The second-order valence-corrected chi connectivity index (χ2v) is 4.52. The van der Waals surface area contributed by atoms with E-state index in [1.807, 2.05) is 13.8 Å². The van der Waals surface area contributed by atoms with E-state index in [1.54, 1.807) is 0 Å². The Morgan fingerprint density at radius 2 is 1.82 bits per heavy atom. The standard InChI is InChI=1S/C13H19FN4O2.2ClH/c1-8(2)17-11-5-9(14)3-4-10(11)18-13(20)7-16-12(19)6-15;;/h3-5,8,17H,6-7,15H2,1-2H3,(H,16,19)(H,18,20);2*1H. The van der Waals surface area contributed by atoms with Crippen LogP contribution in [0.1, 0.15) is 13.8 Å². The van der Waals surface area contributed by atoms with Gasteiger partial charge in [0.25, 0.3) is 0 Å². The predicted molar refractivity (Wildman–Crippen MR) is 90.3 cm³/mol. The van der Waals surface area contributed by atoms with Gasteiger partial charge in [-0.05, 0) is 32.0 Å². The van der Waals surface area contributed by atoms with E-state index >= 15 is 0 Å². The Hall–Kier alpha value is -1.57. The summed E-state index contributed by atoms with van der Waals surface area (Å²) in [7, 11) is 0. The highest BCUT2D eigenvalue weighted by molar-refractivity contribution is 5.97. The lowest BCUT2D eigenvalue weighted by Crippen LogP contribution is -2.36. The van der Waals surface area contributed by atoms with Crippen molar-refractivity contribution >= 4 is 48.0 Å². The molecule has 0 aromatic heterocycles. The fourth-order valence-corrected chi connectivity index (χ4v) is 1.50. The molecule has 0 atom stereocenters. The summed E-state index contributed by atoms with van der Waals surface area (Å²) in [6.07, 6.45) is 0. The summed E-state index contributed by atoms with van der Waals surface area (Å²) in [6, 6.07) is 4.10. The number of hydrogen-bond donors (Lipinski definition) is 4. The van der Waals surface area contributed by atoms with Gasteiger partial charge in [0.1, 0.15) is 5.82 Å². The van der Waals surface area contributed by atoms with Crippen molar-refractivity contribution in [2.24, 2.45) is 5.73 Å². The first-order chi connectivity index (χ1) is 9.42. The van der Waals surface area contributed by atoms with Crippen molar-refractivity contribution in [1.29, 1.82) is 0 Å². The molecule has 22 heavy (non-hydrogen) atoms. The second-order valence-electron chi connectivity index (χ2n) is 4.52. The Morgan fingerprint density at radius 1 is 1.18 bits per heavy atom. The van der Waals surface area contributed by atoms with Gasteiger partial charge in [0.2, 0.25) is 11.8 Å². The molecular formula is C13H21Cl2FN4O2. The van der Waals surface area contributed by atoms with Gasteiger partial charge < -0.3 is 21.7 Å². The van der Waals surface area contributed by atoms with E-state index in [9.17, 15) is 14.0 Å². The highest BCUT2D eigenvalue weighted by Crippen LogP contribution is 2.23. The van der Waals surface area contributed by atoms with E-state index in [0.29, 0.717) is 11.4 Å². The monoisotopic (exact) mass is 354 g/mol. The number of benzene rings is 1. The van der Waals surface area contributed by atoms with Crippen LogP contribution in [0, 0.1) is 5.82 Å². The Balaban J connectivity index is 0. The normalized spacial score (nSPS) is 9.32. The summed E-state index contributed by atoms with van der Waals surface area (Å²) in [5, 5.41) is 7.99.